The molecule has 3 rings (SSSR count). The van der Waals surface area contributed by atoms with E-state index in [2.05, 4.69) is 47.2 Å². The molecular weight excluding hydrogens is 222 g/mol. The molecule has 0 radical (unpaired) electrons. The first kappa shape index (κ1) is 12.1. The Morgan fingerprint density at radius 2 is 2.22 bits per heavy atom. The third kappa shape index (κ3) is 2.73. The Labute approximate surface area is 110 Å². The summed E-state index contributed by atoms with van der Waals surface area (Å²) in [6.07, 6.45) is 2.83. The number of piperazine rings is 1. The predicted octanol–water partition coefficient (Wildman–Crippen LogP) is 1.96. The number of pyridine rings is 1. The van der Waals surface area contributed by atoms with E-state index in [1.165, 1.54) is 18.5 Å². The van der Waals surface area contributed by atoms with Crippen molar-refractivity contribution < 1.29 is 0 Å². The summed E-state index contributed by atoms with van der Waals surface area (Å²) < 4.78 is 0. The highest BCUT2D eigenvalue weighted by molar-refractivity contribution is 5.10. The van der Waals surface area contributed by atoms with Gasteiger partial charge in [0, 0.05) is 37.4 Å². The molecule has 1 saturated heterocycles. The lowest BCUT2D eigenvalue weighted by Crippen LogP contribution is -2.55. The molecule has 0 spiro atoms. The molecule has 2 aliphatic rings. The molecular formula is C15H23N3. The summed E-state index contributed by atoms with van der Waals surface area (Å²) >= 11 is 0. The van der Waals surface area contributed by atoms with Gasteiger partial charge in [-0.25, -0.2) is 0 Å². The SMILES string of the molecule is Cc1cccc(CN2CC(C)NCC2C2CC2)n1. The molecule has 2 fully saturated rings. The van der Waals surface area contributed by atoms with Gasteiger partial charge in [0.05, 0.1) is 5.69 Å². The summed E-state index contributed by atoms with van der Waals surface area (Å²) in [4.78, 5) is 7.28. The van der Waals surface area contributed by atoms with Crippen molar-refractivity contribution in [1.82, 2.24) is 15.2 Å². The molecule has 2 heterocycles. The Hall–Kier alpha value is -0.930. The molecule has 2 atom stereocenters. The van der Waals surface area contributed by atoms with E-state index < -0.39 is 0 Å². The number of aromatic nitrogens is 1. The molecule has 3 heteroatoms. The molecule has 0 amide bonds. The zero-order chi connectivity index (χ0) is 12.5. The number of aryl methyl sites for hydroxylation is 1. The first-order valence-electron chi connectivity index (χ1n) is 7.12. The normalized spacial score (nSPS) is 29.4. The van der Waals surface area contributed by atoms with E-state index in [-0.39, 0.29) is 0 Å². The maximum absolute atomic E-state index is 4.64. The molecule has 1 saturated carbocycles. The number of nitrogens with one attached hydrogen (secondary N) is 1. The van der Waals surface area contributed by atoms with Crippen LogP contribution in [0, 0.1) is 12.8 Å². The third-order valence-corrected chi connectivity index (χ3v) is 4.13. The van der Waals surface area contributed by atoms with Crippen molar-refractivity contribution in [3.63, 3.8) is 0 Å². The van der Waals surface area contributed by atoms with Crippen molar-refractivity contribution in [3.8, 4) is 0 Å². The van der Waals surface area contributed by atoms with Crippen LogP contribution in [0.5, 0.6) is 0 Å². The van der Waals surface area contributed by atoms with Crippen LogP contribution in [0.25, 0.3) is 0 Å². The zero-order valence-electron chi connectivity index (χ0n) is 11.4. The van der Waals surface area contributed by atoms with E-state index in [1.54, 1.807) is 0 Å². The van der Waals surface area contributed by atoms with Crippen LogP contribution in [0.15, 0.2) is 18.2 Å². The van der Waals surface area contributed by atoms with E-state index in [1.807, 2.05) is 0 Å². The van der Waals surface area contributed by atoms with Crippen LogP contribution in [-0.4, -0.2) is 35.1 Å². The Balaban J connectivity index is 1.71. The van der Waals surface area contributed by atoms with Crippen LogP contribution < -0.4 is 5.32 Å². The Morgan fingerprint density at radius 3 is 2.94 bits per heavy atom. The molecule has 18 heavy (non-hydrogen) atoms. The Bertz CT molecular complexity index is 414. The van der Waals surface area contributed by atoms with Crippen LogP contribution >= 0.6 is 0 Å². The van der Waals surface area contributed by atoms with E-state index >= 15 is 0 Å². The van der Waals surface area contributed by atoms with E-state index in [0.29, 0.717) is 6.04 Å². The maximum atomic E-state index is 4.64. The van der Waals surface area contributed by atoms with Gasteiger partial charge in [-0.2, -0.15) is 0 Å². The zero-order valence-corrected chi connectivity index (χ0v) is 11.4. The minimum absolute atomic E-state index is 0.602. The van der Waals surface area contributed by atoms with Gasteiger partial charge in [-0.3, -0.25) is 9.88 Å². The predicted molar refractivity (Wildman–Crippen MR) is 73.4 cm³/mol. The summed E-state index contributed by atoms with van der Waals surface area (Å²) in [5, 5.41) is 3.62. The average Bonchev–Trinajstić information content (AvgIpc) is 3.13. The van der Waals surface area contributed by atoms with Gasteiger partial charge >= 0.3 is 0 Å². The first-order valence-corrected chi connectivity index (χ1v) is 7.12. The number of hydrogen-bond acceptors (Lipinski definition) is 3. The maximum Gasteiger partial charge on any atom is 0.0547 e. The summed E-state index contributed by atoms with van der Waals surface area (Å²) in [6, 6.07) is 7.68. The Morgan fingerprint density at radius 1 is 1.39 bits per heavy atom. The summed E-state index contributed by atoms with van der Waals surface area (Å²) in [7, 11) is 0. The quantitative estimate of drug-likeness (QED) is 0.882. The van der Waals surface area contributed by atoms with Crippen molar-refractivity contribution in [3.05, 3.63) is 29.6 Å². The smallest absolute Gasteiger partial charge is 0.0547 e. The summed E-state index contributed by atoms with van der Waals surface area (Å²) in [5.74, 6) is 0.926. The molecule has 1 N–H and O–H groups in total. The minimum Gasteiger partial charge on any atom is -0.311 e. The highest BCUT2D eigenvalue weighted by Crippen LogP contribution is 2.36. The molecule has 2 unspecified atom stereocenters. The number of nitrogens with zero attached hydrogens (tertiary/aromatic N) is 2. The molecule has 3 nitrogen and oxygen atoms in total. The Kier molecular flexibility index (Phi) is 3.35. The van der Waals surface area contributed by atoms with Crippen LogP contribution in [-0.2, 0) is 6.54 Å². The molecule has 1 aromatic heterocycles. The molecule has 0 bridgehead atoms. The van der Waals surface area contributed by atoms with Crippen molar-refractivity contribution in [2.24, 2.45) is 5.92 Å². The van der Waals surface area contributed by atoms with Crippen molar-refractivity contribution in [2.45, 2.75) is 45.3 Å². The second-order valence-electron chi connectivity index (χ2n) is 5.91. The van der Waals surface area contributed by atoms with Gasteiger partial charge in [-0.05, 0) is 44.7 Å². The second kappa shape index (κ2) is 4.98. The standard InChI is InChI=1S/C15H23N3/c1-11-4-3-5-14(17-11)10-18-9-12(2)16-8-15(18)13-6-7-13/h3-5,12-13,15-16H,6-10H2,1-2H3. The first-order chi connectivity index (χ1) is 8.72. The van der Waals surface area contributed by atoms with Crippen molar-refractivity contribution >= 4 is 0 Å². The van der Waals surface area contributed by atoms with Gasteiger partial charge < -0.3 is 5.32 Å². The van der Waals surface area contributed by atoms with Crippen LogP contribution in [0.3, 0.4) is 0 Å². The average molecular weight is 245 g/mol. The molecule has 0 aromatic carbocycles. The van der Waals surface area contributed by atoms with Gasteiger partial charge in [0.1, 0.15) is 0 Å². The highest BCUT2D eigenvalue weighted by atomic mass is 15.2. The topological polar surface area (TPSA) is 28.2 Å². The second-order valence-corrected chi connectivity index (χ2v) is 5.91. The van der Waals surface area contributed by atoms with Gasteiger partial charge in [0.25, 0.3) is 0 Å². The third-order valence-electron chi connectivity index (χ3n) is 4.13. The van der Waals surface area contributed by atoms with Gasteiger partial charge in [-0.1, -0.05) is 6.07 Å². The number of rotatable bonds is 3. The summed E-state index contributed by atoms with van der Waals surface area (Å²) in [6.45, 7) is 7.66. The van der Waals surface area contributed by atoms with Crippen molar-refractivity contribution in [1.29, 1.82) is 0 Å². The minimum atomic E-state index is 0.602. The lowest BCUT2D eigenvalue weighted by atomic mass is 10.1. The van der Waals surface area contributed by atoms with Crippen molar-refractivity contribution in [2.75, 3.05) is 13.1 Å². The lowest BCUT2D eigenvalue weighted by Gasteiger charge is -2.39. The largest absolute Gasteiger partial charge is 0.311 e. The molecule has 1 aliphatic carbocycles. The monoisotopic (exact) mass is 245 g/mol. The molecule has 1 aromatic rings. The van der Waals surface area contributed by atoms with E-state index in [4.69, 9.17) is 0 Å². The molecule has 98 valence electrons. The van der Waals surface area contributed by atoms with Gasteiger partial charge in [0.2, 0.25) is 0 Å². The van der Waals surface area contributed by atoms with E-state index in [9.17, 15) is 0 Å². The molecule has 1 aliphatic heterocycles. The fourth-order valence-corrected chi connectivity index (χ4v) is 3.03. The van der Waals surface area contributed by atoms with Gasteiger partial charge in [0.15, 0.2) is 0 Å². The fraction of sp³-hybridized carbons (Fsp3) is 0.667. The van der Waals surface area contributed by atoms with E-state index in [0.717, 1.165) is 37.3 Å². The van der Waals surface area contributed by atoms with Gasteiger partial charge in [-0.15, -0.1) is 0 Å². The summed E-state index contributed by atoms with van der Waals surface area (Å²) in [5.41, 5.74) is 2.34. The lowest BCUT2D eigenvalue weighted by molar-refractivity contribution is 0.110. The van der Waals surface area contributed by atoms with Crippen LogP contribution in [0.4, 0.5) is 0 Å². The number of hydrogen-bond donors (Lipinski definition) is 1. The highest BCUT2D eigenvalue weighted by Gasteiger charge is 2.37. The fourth-order valence-electron chi connectivity index (χ4n) is 3.03. The van der Waals surface area contributed by atoms with Crippen LogP contribution in [0.2, 0.25) is 0 Å². The van der Waals surface area contributed by atoms with Crippen LogP contribution in [0.1, 0.15) is 31.2 Å².